The van der Waals surface area contributed by atoms with Gasteiger partial charge in [-0.05, 0) is 48.7 Å². The van der Waals surface area contributed by atoms with Crippen LogP contribution in [-0.4, -0.2) is 47.7 Å². The zero-order chi connectivity index (χ0) is 20.5. The van der Waals surface area contributed by atoms with Crippen molar-refractivity contribution < 1.29 is 27.4 Å². The van der Waals surface area contributed by atoms with Gasteiger partial charge < -0.3 is 18.9 Å². The summed E-state index contributed by atoms with van der Waals surface area (Å²) in [6.07, 6.45) is 0.575. The van der Waals surface area contributed by atoms with Gasteiger partial charge in [0.25, 0.3) is 0 Å². The van der Waals surface area contributed by atoms with E-state index >= 15 is 0 Å². The number of rotatable bonds is 6. The molecule has 0 fully saturated rings. The third-order valence-corrected chi connectivity index (χ3v) is 7.08. The molecule has 0 bridgehead atoms. The van der Waals surface area contributed by atoms with Crippen molar-refractivity contribution in [3.8, 4) is 23.0 Å². The zero-order valence-electron chi connectivity index (χ0n) is 16.7. The SMILES string of the molecule is COc1ccc(OC)c(S(=O)(=O)N2CCc3cc(OC)c(OC)cc3C2C)c1. The molecule has 1 heterocycles. The van der Waals surface area contributed by atoms with Crippen molar-refractivity contribution in [3.05, 3.63) is 41.5 Å². The summed E-state index contributed by atoms with van der Waals surface area (Å²) in [5.41, 5.74) is 1.95. The fourth-order valence-corrected chi connectivity index (χ4v) is 5.35. The van der Waals surface area contributed by atoms with E-state index < -0.39 is 10.0 Å². The van der Waals surface area contributed by atoms with Crippen LogP contribution in [0.1, 0.15) is 24.1 Å². The summed E-state index contributed by atoms with van der Waals surface area (Å²) >= 11 is 0. The number of benzene rings is 2. The first-order valence-corrected chi connectivity index (χ1v) is 10.3. The van der Waals surface area contributed by atoms with Gasteiger partial charge in [-0.25, -0.2) is 8.42 Å². The molecule has 1 aliphatic heterocycles. The van der Waals surface area contributed by atoms with Crippen molar-refractivity contribution in [1.82, 2.24) is 4.31 Å². The molecular formula is C20H25NO6S. The maximum atomic E-state index is 13.5. The minimum atomic E-state index is -3.81. The van der Waals surface area contributed by atoms with Crippen molar-refractivity contribution in [1.29, 1.82) is 0 Å². The summed E-state index contributed by atoms with van der Waals surface area (Å²) in [4.78, 5) is 0.0881. The molecule has 28 heavy (non-hydrogen) atoms. The highest BCUT2D eigenvalue weighted by molar-refractivity contribution is 7.89. The van der Waals surface area contributed by atoms with Crippen LogP contribution >= 0.6 is 0 Å². The monoisotopic (exact) mass is 407 g/mol. The fraction of sp³-hybridized carbons (Fsp3) is 0.400. The molecule has 2 aromatic carbocycles. The quantitative estimate of drug-likeness (QED) is 0.733. The number of sulfonamides is 1. The third kappa shape index (κ3) is 3.38. The highest BCUT2D eigenvalue weighted by Crippen LogP contribution is 2.41. The topological polar surface area (TPSA) is 74.3 Å². The second-order valence-electron chi connectivity index (χ2n) is 6.46. The van der Waals surface area contributed by atoms with Gasteiger partial charge in [0.1, 0.15) is 16.4 Å². The summed E-state index contributed by atoms with van der Waals surface area (Å²) in [5, 5.41) is 0. The van der Waals surface area contributed by atoms with E-state index in [1.165, 1.54) is 24.6 Å². The predicted molar refractivity (Wildman–Crippen MR) is 105 cm³/mol. The van der Waals surface area contributed by atoms with E-state index in [2.05, 4.69) is 0 Å². The first kappa shape index (κ1) is 20.3. The second kappa shape index (κ2) is 7.89. The van der Waals surface area contributed by atoms with Gasteiger partial charge in [-0.3, -0.25) is 0 Å². The molecule has 0 aliphatic carbocycles. The van der Waals surface area contributed by atoms with Gasteiger partial charge in [0, 0.05) is 18.7 Å². The summed E-state index contributed by atoms with van der Waals surface area (Å²) in [5.74, 6) is 1.95. The van der Waals surface area contributed by atoms with Gasteiger partial charge in [0.2, 0.25) is 10.0 Å². The number of hydrogen-bond acceptors (Lipinski definition) is 6. The molecule has 0 radical (unpaired) electrons. The molecule has 0 saturated carbocycles. The lowest BCUT2D eigenvalue weighted by Crippen LogP contribution is -2.39. The Bertz CT molecular complexity index is 973. The van der Waals surface area contributed by atoms with Crippen LogP contribution in [0.2, 0.25) is 0 Å². The van der Waals surface area contributed by atoms with Gasteiger partial charge in [-0.2, -0.15) is 4.31 Å². The molecule has 0 N–H and O–H groups in total. The summed E-state index contributed by atoms with van der Waals surface area (Å²) in [6.45, 7) is 2.22. The number of methoxy groups -OCH3 is 4. The second-order valence-corrected chi connectivity index (χ2v) is 8.32. The standard InChI is InChI=1S/C20H25NO6S/c1-13-16-12-19(27-5)18(26-4)10-14(16)8-9-21(13)28(22,23)20-11-15(24-2)6-7-17(20)25-3/h6-7,10-13H,8-9H2,1-5H3. The van der Waals surface area contributed by atoms with Crippen LogP contribution in [0.25, 0.3) is 0 Å². The van der Waals surface area contributed by atoms with Crippen LogP contribution in [0.5, 0.6) is 23.0 Å². The van der Waals surface area contributed by atoms with E-state index in [0.717, 1.165) is 11.1 Å². The normalized spacial score (nSPS) is 17.0. The van der Waals surface area contributed by atoms with E-state index in [1.54, 1.807) is 26.4 Å². The highest BCUT2D eigenvalue weighted by Gasteiger charge is 2.36. The molecule has 0 aromatic heterocycles. The smallest absolute Gasteiger partial charge is 0.247 e. The Morgan fingerprint density at radius 1 is 0.893 bits per heavy atom. The fourth-order valence-electron chi connectivity index (χ4n) is 3.56. The van der Waals surface area contributed by atoms with E-state index in [1.807, 2.05) is 19.1 Å². The minimum absolute atomic E-state index is 0.0881. The van der Waals surface area contributed by atoms with E-state index in [4.69, 9.17) is 18.9 Å². The van der Waals surface area contributed by atoms with Crippen LogP contribution < -0.4 is 18.9 Å². The van der Waals surface area contributed by atoms with Gasteiger partial charge >= 0.3 is 0 Å². The highest BCUT2D eigenvalue weighted by atomic mass is 32.2. The first-order valence-electron chi connectivity index (χ1n) is 8.86. The summed E-state index contributed by atoms with van der Waals surface area (Å²) < 4.78 is 49.7. The van der Waals surface area contributed by atoms with Gasteiger partial charge in [-0.1, -0.05) is 0 Å². The number of fused-ring (bicyclic) bond motifs is 1. The van der Waals surface area contributed by atoms with Gasteiger partial charge in [0.05, 0.1) is 28.4 Å². The Balaban J connectivity index is 2.06. The molecule has 8 heteroatoms. The molecule has 3 rings (SSSR count). The Morgan fingerprint density at radius 2 is 1.54 bits per heavy atom. The van der Waals surface area contributed by atoms with Crippen LogP contribution in [0.3, 0.4) is 0 Å². The van der Waals surface area contributed by atoms with Crippen LogP contribution in [-0.2, 0) is 16.4 Å². The Kier molecular flexibility index (Phi) is 5.71. The predicted octanol–water partition coefficient (Wildman–Crippen LogP) is 3.03. The van der Waals surface area contributed by atoms with Crippen LogP contribution in [0.15, 0.2) is 35.2 Å². The lowest BCUT2D eigenvalue weighted by Gasteiger charge is -2.35. The summed E-state index contributed by atoms with van der Waals surface area (Å²) in [7, 11) is 2.29. The van der Waals surface area contributed by atoms with Gasteiger partial charge in [0.15, 0.2) is 11.5 Å². The van der Waals surface area contributed by atoms with Gasteiger partial charge in [-0.15, -0.1) is 0 Å². The van der Waals surface area contributed by atoms with Crippen molar-refractivity contribution in [2.24, 2.45) is 0 Å². The molecule has 0 amide bonds. The molecule has 0 saturated heterocycles. The number of hydrogen-bond donors (Lipinski definition) is 0. The zero-order valence-corrected chi connectivity index (χ0v) is 17.5. The third-order valence-electron chi connectivity index (χ3n) is 5.09. The Labute approximate surface area is 165 Å². The molecule has 1 unspecified atom stereocenters. The number of nitrogens with zero attached hydrogens (tertiary/aromatic N) is 1. The maximum absolute atomic E-state index is 13.5. The first-order chi connectivity index (χ1) is 13.4. The van der Waals surface area contributed by atoms with Crippen LogP contribution in [0.4, 0.5) is 0 Å². The average Bonchev–Trinajstić information content (AvgIpc) is 2.72. The molecule has 7 nitrogen and oxygen atoms in total. The Hall–Kier alpha value is -2.45. The lowest BCUT2D eigenvalue weighted by atomic mass is 9.94. The lowest BCUT2D eigenvalue weighted by molar-refractivity contribution is 0.316. The molecule has 0 spiro atoms. The van der Waals surface area contributed by atoms with E-state index in [-0.39, 0.29) is 16.7 Å². The van der Waals surface area contributed by atoms with Crippen molar-refractivity contribution in [2.75, 3.05) is 35.0 Å². The van der Waals surface area contributed by atoms with Crippen LogP contribution in [0, 0.1) is 0 Å². The number of ether oxygens (including phenoxy) is 4. The minimum Gasteiger partial charge on any atom is -0.497 e. The molecule has 2 aromatic rings. The van der Waals surface area contributed by atoms with E-state index in [0.29, 0.717) is 30.2 Å². The maximum Gasteiger partial charge on any atom is 0.247 e. The molecule has 152 valence electrons. The van der Waals surface area contributed by atoms with Crippen molar-refractivity contribution in [2.45, 2.75) is 24.3 Å². The van der Waals surface area contributed by atoms with Crippen molar-refractivity contribution >= 4 is 10.0 Å². The van der Waals surface area contributed by atoms with E-state index in [9.17, 15) is 8.42 Å². The largest absolute Gasteiger partial charge is 0.497 e. The van der Waals surface area contributed by atoms with Crippen molar-refractivity contribution in [3.63, 3.8) is 0 Å². The molecule has 1 aliphatic rings. The Morgan fingerprint density at radius 3 is 2.14 bits per heavy atom. The summed E-state index contributed by atoms with van der Waals surface area (Å²) in [6, 6.07) is 8.16. The average molecular weight is 407 g/mol. The molecular weight excluding hydrogens is 382 g/mol. The molecule has 1 atom stereocenters.